The Hall–Kier alpha value is -1.14. The molecule has 0 radical (unpaired) electrons. The summed E-state index contributed by atoms with van der Waals surface area (Å²) in [6.45, 7) is 9.11. The first-order valence-electron chi connectivity index (χ1n) is 6.60. The average molecular weight is 285 g/mol. The number of rotatable bonds is 7. The normalized spacial score (nSPS) is 11.0. The molecule has 1 aromatic heterocycles. The third-order valence-electron chi connectivity index (χ3n) is 3.20. The molecule has 0 atom stereocenters. The fourth-order valence-electron chi connectivity index (χ4n) is 1.93. The molecule has 0 N–H and O–H groups in total. The Morgan fingerprint density at radius 1 is 1.37 bits per heavy atom. The molecule has 0 fully saturated rings. The molecule has 1 heterocycles. The molecule has 0 aliphatic rings. The van der Waals surface area contributed by atoms with E-state index in [1.807, 2.05) is 43.0 Å². The van der Waals surface area contributed by atoms with Gasteiger partial charge in [0.25, 0.3) is 0 Å². The standard InChI is InChI=1S/C13H23N3O2S/c1-5-15(6-2)12(17)9-14(4)7-8-16-11(3)10-19-13(16)18/h10H,5-9H2,1-4H3. The Morgan fingerprint density at radius 3 is 2.47 bits per heavy atom. The summed E-state index contributed by atoms with van der Waals surface area (Å²) in [7, 11) is 1.91. The average Bonchev–Trinajstić information content (AvgIpc) is 2.68. The van der Waals surface area contributed by atoms with Crippen molar-refractivity contribution in [2.45, 2.75) is 27.3 Å². The van der Waals surface area contributed by atoms with Crippen LogP contribution in [0.1, 0.15) is 19.5 Å². The number of thiazole rings is 1. The molecule has 1 rings (SSSR count). The van der Waals surface area contributed by atoms with E-state index in [4.69, 9.17) is 0 Å². The van der Waals surface area contributed by atoms with Crippen molar-refractivity contribution in [2.24, 2.45) is 0 Å². The van der Waals surface area contributed by atoms with Gasteiger partial charge in [-0.05, 0) is 27.8 Å². The van der Waals surface area contributed by atoms with E-state index in [-0.39, 0.29) is 10.8 Å². The number of amides is 1. The minimum absolute atomic E-state index is 0.0703. The van der Waals surface area contributed by atoms with Crippen LogP contribution in [0.2, 0.25) is 0 Å². The highest BCUT2D eigenvalue weighted by Crippen LogP contribution is 2.00. The highest BCUT2D eigenvalue weighted by Gasteiger charge is 2.12. The molecular weight excluding hydrogens is 262 g/mol. The molecule has 5 nitrogen and oxygen atoms in total. The molecule has 19 heavy (non-hydrogen) atoms. The van der Waals surface area contributed by atoms with Crippen molar-refractivity contribution in [2.75, 3.05) is 33.2 Å². The lowest BCUT2D eigenvalue weighted by Crippen LogP contribution is -2.40. The summed E-state index contributed by atoms with van der Waals surface area (Å²) in [6.07, 6.45) is 0. The predicted octanol–water partition coefficient (Wildman–Crippen LogP) is 1.02. The van der Waals surface area contributed by atoms with Crippen LogP contribution >= 0.6 is 11.3 Å². The van der Waals surface area contributed by atoms with Gasteiger partial charge in [0.1, 0.15) is 0 Å². The van der Waals surface area contributed by atoms with Crippen LogP contribution in [-0.2, 0) is 11.3 Å². The molecule has 0 bridgehead atoms. The Labute approximate surface area is 118 Å². The number of nitrogens with zero attached hydrogens (tertiary/aromatic N) is 3. The molecule has 1 amide bonds. The second-order valence-corrected chi connectivity index (χ2v) is 5.42. The van der Waals surface area contributed by atoms with Crippen molar-refractivity contribution < 1.29 is 4.79 Å². The Morgan fingerprint density at radius 2 is 2.00 bits per heavy atom. The minimum Gasteiger partial charge on any atom is -0.342 e. The Bertz CT molecular complexity index is 463. The van der Waals surface area contributed by atoms with Crippen molar-refractivity contribution in [3.63, 3.8) is 0 Å². The lowest BCUT2D eigenvalue weighted by molar-refractivity contribution is -0.131. The van der Waals surface area contributed by atoms with E-state index in [9.17, 15) is 9.59 Å². The van der Waals surface area contributed by atoms with Crippen LogP contribution in [0.5, 0.6) is 0 Å². The molecule has 0 unspecified atom stereocenters. The van der Waals surface area contributed by atoms with E-state index in [0.717, 1.165) is 18.8 Å². The van der Waals surface area contributed by atoms with Crippen molar-refractivity contribution in [3.8, 4) is 0 Å². The van der Waals surface area contributed by atoms with E-state index in [2.05, 4.69) is 0 Å². The molecule has 0 aliphatic heterocycles. The van der Waals surface area contributed by atoms with Crippen molar-refractivity contribution in [1.82, 2.24) is 14.4 Å². The van der Waals surface area contributed by atoms with Crippen molar-refractivity contribution in [1.29, 1.82) is 0 Å². The van der Waals surface area contributed by atoms with Gasteiger partial charge in [-0.2, -0.15) is 0 Å². The maximum atomic E-state index is 11.9. The zero-order valence-corrected chi connectivity index (χ0v) is 13.0. The van der Waals surface area contributed by atoms with Gasteiger partial charge in [0, 0.05) is 37.3 Å². The van der Waals surface area contributed by atoms with E-state index in [1.165, 1.54) is 11.3 Å². The smallest absolute Gasteiger partial charge is 0.307 e. The summed E-state index contributed by atoms with van der Waals surface area (Å²) in [6, 6.07) is 0. The summed E-state index contributed by atoms with van der Waals surface area (Å²) in [5.41, 5.74) is 0.985. The lowest BCUT2D eigenvalue weighted by Gasteiger charge is -2.23. The Balaban J connectivity index is 2.46. The quantitative estimate of drug-likeness (QED) is 0.751. The van der Waals surface area contributed by atoms with Crippen LogP contribution < -0.4 is 4.87 Å². The van der Waals surface area contributed by atoms with E-state index >= 15 is 0 Å². The summed E-state index contributed by atoms with van der Waals surface area (Å²) in [5, 5.41) is 1.86. The first kappa shape index (κ1) is 15.9. The van der Waals surface area contributed by atoms with Gasteiger partial charge in [-0.25, -0.2) is 0 Å². The largest absolute Gasteiger partial charge is 0.342 e. The predicted molar refractivity (Wildman–Crippen MR) is 78.7 cm³/mol. The Kier molecular flexibility index (Phi) is 6.24. The van der Waals surface area contributed by atoms with Crippen LogP contribution in [0.4, 0.5) is 0 Å². The van der Waals surface area contributed by atoms with Gasteiger partial charge in [0.05, 0.1) is 6.54 Å². The molecule has 1 aromatic rings. The zero-order valence-electron chi connectivity index (χ0n) is 12.2. The fraction of sp³-hybridized carbons (Fsp3) is 0.692. The molecule has 108 valence electrons. The number of carbonyl (C=O) groups is 1. The van der Waals surface area contributed by atoms with Gasteiger partial charge in [-0.3, -0.25) is 14.5 Å². The van der Waals surface area contributed by atoms with Gasteiger partial charge in [0.15, 0.2) is 0 Å². The number of aryl methyl sites for hydroxylation is 1. The van der Waals surface area contributed by atoms with Gasteiger partial charge < -0.3 is 9.47 Å². The maximum Gasteiger partial charge on any atom is 0.307 e. The van der Waals surface area contributed by atoms with Gasteiger partial charge in [-0.1, -0.05) is 11.3 Å². The van der Waals surface area contributed by atoms with Gasteiger partial charge >= 0.3 is 4.87 Å². The van der Waals surface area contributed by atoms with Crippen LogP contribution in [-0.4, -0.2) is 53.5 Å². The monoisotopic (exact) mass is 285 g/mol. The topological polar surface area (TPSA) is 45.6 Å². The number of aromatic nitrogens is 1. The molecule has 6 heteroatoms. The third-order valence-corrected chi connectivity index (χ3v) is 4.08. The molecule has 0 saturated heterocycles. The highest BCUT2D eigenvalue weighted by atomic mass is 32.1. The van der Waals surface area contributed by atoms with Crippen molar-refractivity contribution in [3.05, 3.63) is 20.7 Å². The minimum atomic E-state index is 0.0703. The fourth-order valence-corrected chi connectivity index (χ4v) is 2.69. The first-order chi connectivity index (χ1) is 8.99. The zero-order chi connectivity index (χ0) is 14.4. The number of carbonyl (C=O) groups excluding carboxylic acids is 1. The number of hydrogen-bond acceptors (Lipinski definition) is 4. The summed E-state index contributed by atoms with van der Waals surface area (Å²) < 4.78 is 1.75. The van der Waals surface area contributed by atoms with Crippen LogP contribution in [0.15, 0.2) is 10.2 Å². The van der Waals surface area contributed by atoms with Crippen molar-refractivity contribution >= 4 is 17.2 Å². The van der Waals surface area contributed by atoms with Crippen LogP contribution in [0.25, 0.3) is 0 Å². The molecule has 0 aliphatic carbocycles. The van der Waals surface area contributed by atoms with Gasteiger partial charge in [0.2, 0.25) is 5.91 Å². The first-order valence-corrected chi connectivity index (χ1v) is 7.48. The van der Waals surface area contributed by atoms with E-state index < -0.39 is 0 Å². The summed E-state index contributed by atoms with van der Waals surface area (Å²) in [4.78, 5) is 27.3. The molecular formula is C13H23N3O2S. The summed E-state index contributed by atoms with van der Waals surface area (Å²) in [5.74, 6) is 0.141. The second kappa shape index (κ2) is 7.45. The number of likely N-dealkylation sites (N-methyl/N-ethyl adjacent to an activating group) is 2. The van der Waals surface area contributed by atoms with Gasteiger partial charge in [-0.15, -0.1) is 0 Å². The van der Waals surface area contributed by atoms with E-state index in [1.54, 1.807) is 4.57 Å². The van der Waals surface area contributed by atoms with E-state index in [0.29, 0.717) is 19.6 Å². The number of hydrogen-bond donors (Lipinski definition) is 0. The molecule has 0 saturated carbocycles. The molecule has 0 aromatic carbocycles. The highest BCUT2D eigenvalue weighted by molar-refractivity contribution is 7.07. The molecule has 0 spiro atoms. The lowest BCUT2D eigenvalue weighted by atomic mass is 10.4. The SMILES string of the molecule is CCN(CC)C(=O)CN(C)CCn1c(C)csc1=O. The maximum absolute atomic E-state index is 11.9. The summed E-state index contributed by atoms with van der Waals surface area (Å²) >= 11 is 1.22. The van der Waals surface area contributed by atoms with Crippen LogP contribution in [0, 0.1) is 6.92 Å². The second-order valence-electron chi connectivity index (χ2n) is 4.60. The third kappa shape index (κ3) is 4.47. The van der Waals surface area contributed by atoms with Crippen LogP contribution in [0.3, 0.4) is 0 Å².